The highest BCUT2D eigenvalue weighted by molar-refractivity contribution is 7.09. The van der Waals surface area contributed by atoms with Gasteiger partial charge in [-0.1, -0.05) is 0 Å². The minimum atomic E-state index is -0.862. The average Bonchev–Trinajstić information content (AvgIpc) is 3.22. The number of amides is 1. The summed E-state index contributed by atoms with van der Waals surface area (Å²) in [5.74, 6) is -0.0437. The molecule has 0 bridgehead atoms. The Labute approximate surface area is 131 Å². The summed E-state index contributed by atoms with van der Waals surface area (Å²) < 4.78 is 13.8. The number of hydrogen-bond donors (Lipinski definition) is 1. The predicted octanol–water partition coefficient (Wildman–Crippen LogP) is 0.946. The molecule has 118 valence electrons. The number of aromatic amines is 1. The number of aromatic nitrogens is 4. The van der Waals surface area contributed by atoms with Crippen LogP contribution in [0.1, 0.15) is 22.0 Å². The van der Waals surface area contributed by atoms with E-state index in [1.165, 1.54) is 6.33 Å². The number of thiazole rings is 1. The molecule has 7 nitrogen and oxygen atoms in total. The van der Waals surface area contributed by atoms with E-state index in [0.29, 0.717) is 26.1 Å². The van der Waals surface area contributed by atoms with Crippen molar-refractivity contribution in [3.8, 4) is 0 Å². The molecule has 3 heterocycles. The van der Waals surface area contributed by atoms with Crippen molar-refractivity contribution in [1.29, 1.82) is 0 Å². The Balaban J connectivity index is 1.63. The lowest BCUT2D eigenvalue weighted by molar-refractivity contribution is 0.0738. The van der Waals surface area contributed by atoms with E-state index in [2.05, 4.69) is 20.2 Å². The SMILES string of the molecule is CN(C[C@@H]1C[C@H](F)CN1Cc1nccs1)C(=O)c1ncn[nH]1. The van der Waals surface area contributed by atoms with E-state index in [9.17, 15) is 9.18 Å². The smallest absolute Gasteiger partial charge is 0.290 e. The molecule has 3 rings (SSSR count). The van der Waals surface area contributed by atoms with Gasteiger partial charge in [-0.15, -0.1) is 11.3 Å². The molecule has 1 amide bonds. The summed E-state index contributed by atoms with van der Waals surface area (Å²) in [4.78, 5) is 23.9. The second kappa shape index (κ2) is 6.49. The molecule has 0 saturated carbocycles. The van der Waals surface area contributed by atoms with Gasteiger partial charge in [0.05, 0.1) is 6.54 Å². The van der Waals surface area contributed by atoms with Crippen molar-refractivity contribution in [2.24, 2.45) is 0 Å². The molecule has 1 N–H and O–H groups in total. The Kier molecular flexibility index (Phi) is 4.44. The highest BCUT2D eigenvalue weighted by atomic mass is 32.1. The fourth-order valence-electron chi connectivity index (χ4n) is 2.70. The molecule has 1 fully saturated rings. The number of halogens is 1. The summed E-state index contributed by atoms with van der Waals surface area (Å²) in [6.45, 7) is 1.45. The first-order valence-electron chi connectivity index (χ1n) is 7.01. The molecule has 2 atom stereocenters. The summed E-state index contributed by atoms with van der Waals surface area (Å²) in [5.41, 5.74) is 0. The summed E-state index contributed by atoms with van der Waals surface area (Å²) >= 11 is 1.56. The van der Waals surface area contributed by atoms with Crippen molar-refractivity contribution in [2.45, 2.75) is 25.2 Å². The van der Waals surface area contributed by atoms with Crippen LogP contribution in [0.4, 0.5) is 4.39 Å². The van der Waals surface area contributed by atoms with Gasteiger partial charge in [-0.25, -0.2) is 14.4 Å². The molecule has 9 heteroatoms. The molecule has 0 aliphatic carbocycles. The van der Waals surface area contributed by atoms with Crippen LogP contribution in [0.25, 0.3) is 0 Å². The van der Waals surface area contributed by atoms with E-state index in [-0.39, 0.29) is 17.8 Å². The van der Waals surface area contributed by atoms with Gasteiger partial charge < -0.3 is 4.90 Å². The van der Waals surface area contributed by atoms with Gasteiger partial charge in [0.25, 0.3) is 5.91 Å². The van der Waals surface area contributed by atoms with Crippen LogP contribution in [0, 0.1) is 0 Å². The Morgan fingerprint density at radius 2 is 2.45 bits per heavy atom. The van der Waals surface area contributed by atoms with E-state index < -0.39 is 6.17 Å². The number of likely N-dealkylation sites (tertiary alicyclic amines) is 1. The summed E-state index contributed by atoms with van der Waals surface area (Å²) in [7, 11) is 1.69. The highest BCUT2D eigenvalue weighted by Gasteiger charge is 2.34. The van der Waals surface area contributed by atoms with Crippen molar-refractivity contribution in [3.05, 3.63) is 28.7 Å². The van der Waals surface area contributed by atoms with Gasteiger partial charge in [0, 0.05) is 37.8 Å². The number of H-pyrrole nitrogens is 1. The molecule has 2 aromatic heterocycles. The molecule has 22 heavy (non-hydrogen) atoms. The van der Waals surface area contributed by atoms with Crippen LogP contribution in [0.2, 0.25) is 0 Å². The van der Waals surface area contributed by atoms with Crippen molar-refractivity contribution in [1.82, 2.24) is 30.0 Å². The first kappa shape index (κ1) is 15.0. The summed E-state index contributed by atoms with van der Waals surface area (Å²) in [6.07, 6.45) is 2.61. The van der Waals surface area contributed by atoms with Crippen LogP contribution in [-0.2, 0) is 6.54 Å². The zero-order valence-corrected chi connectivity index (χ0v) is 13.0. The number of hydrogen-bond acceptors (Lipinski definition) is 6. The van der Waals surface area contributed by atoms with Crippen LogP contribution in [-0.4, -0.2) is 68.2 Å². The summed E-state index contributed by atoms with van der Waals surface area (Å²) in [6, 6.07) is -0.0178. The summed E-state index contributed by atoms with van der Waals surface area (Å²) in [5, 5.41) is 9.10. The number of nitrogens with one attached hydrogen (secondary N) is 1. The Bertz CT molecular complexity index is 604. The quantitative estimate of drug-likeness (QED) is 0.886. The third-order valence-corrected chi connectivity index (χ3v) is 4.51. The first-order valence-corrected chi connectivity index (χ1v) is 7.88. The Morgan fingerprint density at radius 1 is 1.59 bits per heavy atom. The predicted molar refractivity (Wildman–Crippen MR) is 79.2 cm³/mol. The standard InChI is InChI=1S/C13H17FN6OS/c1-19(13(21)12-16-8-17-18-12)6-10-4-9(14)5-20(10)7-11-15-2-3-22-11/h2-3,8-10H,4-7H2,1H3,(H,16,17,18)/t9-,10-/m0/s1. The van der Waals surface area contributed by atoms with Crippen LogP contribution in [0.5, 0.6) is 0 Å². The van der Waals surface area contributed by atoms with E-state index in [1.807, 2.05) is 10.3 Å². The molecule has 1 aliphatic heterocycles. The average molecular weight is 324 g/mol. The largest absolute Gasteiger partial charge is 0.337 e. The fraction of sp³-hybridized carbons (Fsp3) is 0.538. The van der Waals surface area contributed by atoms with Crippen LogP contribution in [0.15, 0.2) is 17.9 Å². The topological polar surface area (TPSA) is 78.0 Å². The third-order valence-electron chi connectivity index (χ3n) is 3.75. The van der Waals surface area contributed by atoms with Crippen LogP contribution >= 0.6 is 11.3 Å². The van der Waals surface area contributed by atoms with E-state index in [4.69, 9.17) is 0 Å². The minimum absolute atomic E-state index is 0.0178. The van der Waals surface area contributed by atoms with Crippen molar-refractivity contribution in [3.63, 3.8) is 0 Å². The van der Waals surface area contributed by atoms with Crippen molar-refractivity contribution < 1.29 is 9.18 Å². The van der Waals surface area contributed by atoms with Gasteiger partial charge in [-0.05, 0) is 6.42 Å². The number of carbonyl (C=O) groups excluding carboxylic acids is 1. The van der Waals surface area contributed by atoms with E-state index >= 15 is 0 Å². The minimum Gasteiger partial charge on any atom is -0.337 e. The molecule has 0 radical (unpaired) electrons. The first-order chi connectivity index (χ1) is 10.6. The number of rotatable bonds is 5. The lowest BCUT2D eigenvalue weighted by Gasteiger charge is -2.27. The van der Waals surface area contributed by atoms with Crippen molar-refractivity contribution in [2.75, 3.05) is 20.1 Å². The van der Waals surface area contributed by atoms with Gasteiger partial charge >= 0.3 is 0 Å². The second-order valence-corrected chi connectivity index (χ2v) is 6.34. The van der Waals surface area contributed by atoms with Crippen LogP contribution < -0.4 is 0 Å². The Morgan fingerprint density at radius 3 is 3.14 bits per heavy atom. The van der Waals surface area contributed by atoms with Gasteiger partial charge in [-0.3, -0.25) is 14.8 Å². The zero-order valence-electron chi connectivity index (χ0n) is 12.1. The van der Waals surface area contributed by atoms with Gasteiger partial charge in [0.1, 0.15) is 17.5 Å². The number of likely N-dealkylation sites (N-methyl/N-ethyl adjacent to an activating group) is 1. The second-order valence-electron chi connectivity index (χ2n) is 5.36. The zero-order chi connectivity index (χ0) is 15.5. The maximum Gasteiger partial charge on any atom is 0.290 e. The molecular weight excluding hydrogens is 307 g/mol. The monoisotopic (exact) mass is 324 g/mol. The normalized spacial score (nSPS) is 22.1. The van der Waals surface area contributed by atoms with Crippen molar-refractivity contribution >= 4 is 17.2 Å². The molecule has 2 aromatic rings. The molecule has 1 aliphatic rings. The van der Waals surface area contributed by atoms with E-state index in [0.717, 1.165) is 5.01 Å². The van der Waals surface area contributed by atoms with E-state index in [1.54, 1.807) is 29.5 Å². The lowest BCUT2D eigenvalue weighted by atomic mass is 10.2. The van der Waals surface area contributed by atoms with Gasteiger partial charge in [0.2, 0.25) is 5.82 Å². The number of alkyl halides is 1. The third kappa shape index (κ3) is 3.30. The molecule has 1 saturated heterocycles. The number of carbonyl (C=O) groups is 1. The van der Waals surface area contributed by atoms with Crippen LogP contribution in [0.3, 0.4) is 0 Å². The fourth-order valence-corrected chi connectivity index (χ4v) is 3.34. The maximum absolute atomic E-state index is 13.8. The molecule has 0 unspecified atom stereocenters. The van der Waals surface area contributed by atoms with Gasteiger partial charge in [0.15, 0.2) is 0 Å². The molecule has 0 aromatic carbocycles. The number of nitrogens with zero attached hydrogens (tertiary/aromatic N) is 5. The lowest BCUT2D eigenvalue weighted by Crippen LogP contribution is -2.41. The highest BCUT2D eigenvalue weighted by Crippen LogP contribution is 2.24. The molecular formula is C13H17FN6OS. The molecule has 0 spiro atoms. The Hall–Kier alpha value is -1.87. The van der Waals surface area contributed by atoms with Gasteiger partial charge in [-0.2, -0.15) is 5.10 Å². The maximum atomic E-state index is 13.8.